The molecule has 132 valence electrons. The van der Waals surface area contributed by atoms with E-state index < -0.39 is 5.91 Å². The number of primary amides is 1. The Hall–Kier alpha value is -3.15. The maximum atomic E-state index is 13.2. The third kappa shape index (κ3) is 2.94. The highest BCUT2D eigenvalue weighted by Gasteiger charge is 2.23. The second-order valence-electron chi connectivity index (χ2n) is 6.26. The molecule has 0 radical (unpaired) electrons. The molecule has 5 nitrogen and oxygen atoms in total. The zero-order valence-corrected chi connectivity index (χ0v) is 14.1. The highest BCUT2D eigenvalue weighted by Crippen LogP contribution is 2.29. The number of nitrogens with two attached hydrogens (primary N) is 1. The zero-order chi connectivity index (χ0) is 18.1. The summed E-state index contributed by atoms with van der Waals surface area (Å²) in [6.07, 6.45) is 2.92. The fourth-order valence-electron chi connectivity index (χ4n) is 3.37. The molecule has 3 aromatic rings. The number of rotatable bonds is 5. The van der Waals surface area contributed by atoms with Gasteiger partial charge in [0.15, 0.2) is 0 Å². The second kappa shape index (κ2) is 6.63. The largest absolute Gasteiger partial charge is 0.486 e. The van der Waals surface area contributed by atoms with E-state index >= 15 is 0 Å². The minimum absolute atomic E-state index is 0.251. The highest BCUT2D eigenvalue weighted by atomic mass is 19.1. The van der Waals surface area contributed by atoms with Gasteiger partial charge in [-0.25, -0.2) is 9.07 Å². The number of aromatic nitrogens is 2. The summed E-state index contributed by atoms with van der Waals surface area (Å²) in [5, 5.41) is 4.67. The van der Waals surface area contributed by atoms with Gasteiger partial charge in [0.1, 0.15) is 23.9 Å². The minimum Gasteiger partial charge on any atom is -0.486 e. The number of carbonyl (C=O) groups is 1. The van der Waals surface area contributed by atoms with Crippen molar-refractivity contribution in [2.24, 2.45) is 5.73 Å². The molecule has 0 spiro atoms. The molecular weight excluding hydrogens is 333 g/mol. The number of benzene rings is 2. The van der Waals surface area contributed by atoms with Crippen molar-refractivity contribution in [1.29, 1.82) is 0 Å². The average Bonchev–Trinajstić information content (AvgIpc) is 3.24. The Balaban J connectivity index is 1.63. The van der Waals surface area contributed by atoms with Gasteiger partial charge in [-0.2, -0.15) is 5.10 Å². The number of amides is 1. The molecule has 0 saturated heterocycles. The number of nitrogens with zero attached hydrogens (tertiary/aromatic N) is 2. The summed E-state index contributed by atoms with van der Waals surface area (Å²) in [6, 6.07) is 13.2. The standard InChI is InChI=1S/C20H18FN3O2/c21-13-8-10-14(11-9-13)24-18-6-3-5-15(18)17(23-24)12-26-19-7-2-1-4-16(19)20(22)25/h1-2,4,7-11H,3,5-6,12H2,(H2,22,25). The summed E-state index contributed by atoms with van der Waals surface area (Å²) < 4.78 is 20.9. The lowest BCUT2D eigenvalue weighted by Crippen LogP contribution is -2.13. The van der Waals surface area contributed by atoms with Gasteiger partial charge < -0.3 is 10.5 Å². The monoisotopic (exact) mass is 351 g/mol. The van der Waals surface area contributed by atoms with Gasteiger partial charge in [0, 0.05) is 11.3 Å². The predicted molar refractivity (Wildman–Crippen MR) is 94.8 cm³/mol. The molecule has 1 aliphatic rings. The van der Waals surface area contributed by atoms with Crippen molar-refractivity contribution >= 4 is 5.91 Å². The first kappa shape index (κ1) is 16.3. The van der Waals surface area contributed by atoms with E-state index in [0.717, 1.165) is 36.3 Å². The molecule has 1 aromatic heterocycles. The van der Waals surface area contributed by atoms with Crippen molar-refractivity contribution < 1.29 is 13.9 Å². The SMILES string of the molecule is NC(=O)c1ccccc1OCc1nn(-c2ccc(F)cc2)c2c1CCC2. The molecule has 26 heavy (non-hydrogen) atoms. The summed E-state index contributed by atoms with van der Waals surface area (Å²) in [5.41, 5.74) is 9.72. The van der Waals surface area contributed by atoms with Gasteiger partial charge in [0.05, 0.1) is 11.3 Å². The van der Waals surface area contributed by atoms with E-state index in [1.807, 2.05) is 4.68 Å². The summed E-state index contributed by atoms with van der Waals surface area (Å²) in [6.45, 7) is 0.251. The van der Waals surface area contributed by atoms with Crippen molar-refractivity contribution in [1.82, 2.24) is 9.78 Å². The lowest BCUT2D eigenvalue weighted by molar-refractivity contribution is 0.0996. The Bertz CT molecular complexity index is 964. The number of hydrogen-bond donors (Lipinski definition) is 1. The summed E-state index contributed by atoms with van der Waals surface area (Å²) in [7, 11) is 0. The molecule has 1 heterocycles. The summed E-state index contributed by atoms with van der Waals surface area (Å²) in [4.78, 5) is 11.5. The quantitative estimate of drug-likeness (QED) is 0.767. The third-order valence-electron chi connectivity index (χ3n) is 4.60. The third-order valence-corrected chi connectivity index (χ3v) is 4.60. The van der Waals surface area contributed by atoms with E-state index in [0.29, 0.717) is 11.3 Å². The average molecular weight is 351 g/mol. The van der Waals surface area contributed by atoms with Crippen LogP contribution in [0.2, 0.25) is 0 Å². The minimum atomic E-state index is -0.525. The predicted octanol–water partition coefficient (Wildman–Crippen LogP) is 3.18. The van der Waals surface area contributed by atoms with Crippen molar-refractivity contribution in [3.8, 4) is 11.4 Å². The van der Waals surface area contributed by atoms with Gasteiger partial charge >= 0.3 is 0 Å². The number of carbonyl (C=O) groups excluding carboxylic acids is 1. The molecule has 1 aliphatic carbocycles. The molecular formula is C20H18FN3O2. The Morgan fingerprint density at radius 3 is 2.69 bits per heavy atom. The number of halogens is 1. The Labute approximate surface area is 150 Å². The van der Waals surface area contributed by atoms with Gasteiger partial charge in [-0.3, -0.25) is 4.79 Å². The summed E-state index contributed by atoms with van der Waals surface area (Å²) >= 11 is 0. The molecule has 0 fully saturated rings. The van der Waals surface area contributed by atoms with Crippen LogP contribution in [-0.4, -0.2) is 15.7 Å². The van der Waals surface area contributed by atoms with Crippen LogP contribution in [0, 0.1) is 5.82 Å². The van der Waals surface area contributed by atoms with Crippen molar-refractivity contribution in [2.75, 3.05) is 0 Å². The fraction of sp³-hybridized carbons (Fsp3) is 0.200. The molecule has 0 bridgehead atoms. The van der Waals surface area contributed by atoms with E-state index in [1.54, 1.807) is 36.4 Å². The van der Waals surface area contributed by atoms with Crippen molar-refractivity contribution in [3.63, 3.8) is 0 Å². The van der Waals surface area contributed by atoms with Crippen molar-refractivity contribution in [3.05, 3.63) is 76.9 Å². The molecule has 2 aromatic carbocycles. The van der Waals surface area contributed by atoms with Crippen LogP contribution in [0.3, 0.4) is 0 Å². The van der Waals surface area contributed by atoms with E-state index in [9.17, 15) is 9.18 Å². The van der Waals surface area contributed by atoms with Crippen LogP contribution in [0.4, 0.5) is 4.39 Å². The van der Waals surface area contributed by atoms with Gasteiger partial charge in [0.2, 0.25) is 0 Å². The van der Waals surface area contributed by atoms with E-state index in [-0.39, 0.29) is 12.4 Å². The van der Waals surface area contributed by atoms with Crippen LogP contribution in [0.5, 0.6) is 5.75 Å². The van der Waals surface area contributed by atoms with Gasteiger partial charge in [-0.1, -0.05) is 12.1 Å². The normalized spacial score (nSPS) is 12.8. The molecule has 4 rings (SSSR count). The lowest BCUT2D eigenvalue weighted by atomic mass is 10.2. The Kier molecular flexibility index (Phi) is 4.16. The first-order valence-electron chi connectivity index (χ1n) is 8.50. The first-order chi connectivity index (χ1) is 12.6. The topological polar surface area (TPSA) is 70.1 Å². The fourth-order valence-corrected chi connectivity index (χ4v) is 3.37. The maximum Gasteiger partial charge on any atom is 0.252 e. The summed E-state index contributed by atoms with van der Waals surface area (Å²) in [5.74, 6) is -0.352. The van der Waals surface area contributed by atoms with Crippen LogP contribution in [0.1, 0.15) is 33.7 Å². The molecule has 1 amide bonds. The maximum absolute atomic E-state index is 13.2. The van der Waals surface area contributed by atoms with Gasteiger partial charge in [0.25, 0.3) is 5.91 Å². The number of para-hydroxylation sites is 1. The first-order valence-corrected chi connectivity index (χ1v) is 8.50. The van der Waals surface area contributed by atoms with Crippen LogP contribution in [0.25, 0.3) is 5.69 Å². The molecule has 0 atom stereocenters. The van der Waals surface area contributed by atoms with Crippen molar-refractivity contribution in [2.45, 2.75) is 25.9 Å². The van der Waals surface area contributed by atoms with E-state index in [1.165, 1.54) is 17.7 Å². The number of fused-ring (bicyclic) bond motifs is 1. The molecule has 2 N–H and O–H groups in total. The van der Waals surface area contributed by atoms with E-state index in [4.69, 9.17) is 10.5 Å². The highest BCUT2D eigenvalue weighted by molar-refractivity contribution is 5.95. The van der Waals surface area contributed by atoms with Crippen LogP contribution < -0.4 is 10.5 Å². The lowest BCUT2D eigenvalue weighted by Gasteiger charge is -2.09. The second-order valence-corrected chi connectivity index (χ2v) is 6.26. The van der Waals surface area contributed by atoms with E-state index in [2.05, 4.69) is 5.10 Å². The molecule has 6 heteroatoms. The van der Waals surface area contributed by atoms with Crippen LogP contribution >= 0.6 is 0 Å². The van der Waals surface area contributed by atoms with Crippen LogP contribution in [0.15, 0.2) is 48.5 Å². The molecule has 0 unspecified atom stereocenters. The Morgan fingerprint density at radius 2 is 1.92 bits per heavy atom. The van der Waals surface area contributed by atoms with Crippen LogP contribution in [-0.2, 0) is 19.4 Å². The van der Waals surface area contributed by atoms with Gasteiger partial charge in [-0.15, -0.1) is 0 Å². The Morgan fingerprint density at radius 1 is 1.15 bits per heavy atom. The van der Waals surface area contributed by atoms with Gasteiger partial charge in [-0.05, 0) is 55.7 Å². The number of hydrogen-bond acceptors (Lipinski definition) is 3. The smallest absolute Gasteiger partial charge is 0.252 e. The number of ether oxygens (including phenoxy) is 1. The molecule has 0 saturated carbocycles. The zero-order valence-electron chi connectivity index (χ0n) is 14.1. The molecule has 0 aliphatic heterocycles.